The zero-order valence-electron chi connectivity index (χ0n) is 8.75. The van der Waals surface area contributed by atoms with Crippen molar-refractivity contribution in [1.29, 1.82) is 0 Å². The van der Waals surface area contributed by atoms with Gasteiger partial charge in [-0.1, -0.05) is 0 Å². The Hall–Kier alpha value is -1.56. The summed E-state index contributed by atoms with van der Waals surface area (Å²) in [6.45, 7) is -2.56. The SMILES string of the molecule is Oc1ccc(SCc2nccn2C(F)F)cc1. The Balaban J connectivity index is 2.02. The molecule has 0 saturated heterocycles. The maximum absolute atomic E-state index is 12.5. The molecule has 0 amide bonds. The molecule has 6 heteroatoms. The van der Waals surface area contributed by atoms with Crippen molar-refractivity contribution in [2.45, 2.75) is 17.2 Å². The molecule has 1 N–H and O–H groups in total. The summed E-state index contributed by atoms with van der Waals surface area (Å²) >= 11 is 1.39. The van der Waals surface area contributed by atoms with Crippen molar-refractivity contribution in [2.24, 2.45) is 0 Å². The number of halogens is 2. The highest BCUT2D eigenvalue weighted by Crippen LogP contribution is 2.25. The van der Waals surface area contributed by atoms with Gasteiger partial charge in [0.1, 0.15) is 11.6 Å². The van der Waals surface area contributed by atoms with Gasteiger partial charge in [0, 0.05) is 17.3 Å². The molecule has 90 valence electrons. The molecule has 2 rings (SSSR count). The quantitative estimate of drug-likeness (QED) is 0.853. The van der Waals surface area contributed by atoms with Gasteiger partial charge in [-0.3, -0.25) is 4.57 Å². The first kappa shape index (κ1) is 11.9. The molecule has 0 fully saturated rings. The van der Waals surface area contributed by atoms with E-state index in [1.807, 2.05) is 0 Å². The highest BCUT2D eigenvalue weighted by Gasteiger charge is 2.11. The topological polar surface area (TPSA) is 38.1 Å². The van der Waals surface area contributed by atoms with Crippen LogP contribution in [0.15, 0.2) is 41.6 Å². The van der Waals surface area contributed by atoms with E-state index in [2.05, 4.69) is 4.98 Å². The highest BCUT2D eigenvalue weighted by atomic mass is 32.2. The van der Waals surface area contributed by atoms with Crippen molar-refractivity contribution in [1.82, 2.24) is 9.55 Å². The summed E-state index contributed by atoms with van der Waals surface area (Å²) in [6, 6.07) is 6.58. The summed E-state index contributed by atoms with van der Waals surface area (Å²) in [5.41, 5.74) is 0. The van der Waals surface area contributed by atoms with Gasteiger partial charge in [0.15, 0.2) is 0 Å². The molecule has 0 aliphatic heterocycles. The minimum absolute atomic E-state index is 0.184. The lowest BCUT2D eigenvalue weighted by Crippen LogP contribution is -2.01. The van der Waals surface area contributed by atoms with Gasteiger partial charge in [0.25, 0.3) is 0 Å². The molecule has 0 aliphatic rings. The number of imidazole rings is 1. The van der Waals surface area contributed by atoms with Crippen LogP contribution in [-0.4, -0.2) is 14.7 Å². The summed E-state index contributed by atoms with van der Waals surface area (Å²) < 4.78 is 25.9. The zero-order chi connectivity index (χ0) is 12.3. The first-order chi connectivity index (χ1) is 8.16. The van der Waals surface area contributed by atoms with Gasteiger partial charge in [-0.05, 0) is 24.3 Å². The van der Waals surface area contributed by atoms with Gasteiger partial charge in [0.2, 0.25) is 0 Å². The van der Waals surface area contributed by atoms with Crippen molar-refractivity contribution in [3.05, 3.63) is 42.5 Å². The van der Waals surface area contributed by atoms with Crippen LogP contribution in [0, 0.1) is 0 Å². The van der Waals surface area contributed by atoms with E-state index in [-0.39, 0.29) is 5.75 Å². The number of aromatic nitrogens is 2. The van der Waals surface area contributed by atoms with E-state index in [0.29, 0.717) is 11.6 Å². The molecular weight excluding hydrogens is 246 g/mol. The molecule has 0 radical (unpaired) electrons. The molecular formula is C11H10F2N2OS. The van der Waals surface area contributed by atoms with E-state index in [1.54, 1.807) is 24.3 Å². The van der Waals surface area contributed by atoms with Gasteiger partial charge in [-0.2, -0.15) is 8.78 Å². The smallest absolute Gasteiger partial charge is 0.319 e. The Kier molecular flexibility index (Phi) is 3.63. The van der Waals surface area contributed by atoms with E-state index in [9.17, 15) is 8.78 Å². The zero-order valence-corrected chi connectivity index (χ0v) is 9.57. The van der Waals surface area contributed by atoms with E-state index >= 15 is 0 Å². The lowest BCUT2D eigenvalue weighted by molar-refractivity contribution is 0.0678. The Morgan fingerprint density at radius 3 is 2.65 bits per heavy atom. The number of benzene rings is 1. The molecule has 0 bridgehead atoms. The van der Waals surface area contributed by atoms with Gasteiger partial charge >= 0.3 is 6.55 Å². The van der Waals surface area contributed by atoms with Gasteiger partial charge < -0.3 is 5.11 Å². The number of aromatic hydroxyl groups is 1. The van der Waals surface area contributed by atoms with Crippen LogP contribution in [0.25, 0.3) is 0 Å². The molecule has 1 aromatic heterocycles. The largest absolute Gasteiger partial charge is 0.508 e. The molecule has 0 unspecified atom stereocenters. The molecule has 0 saturated carbocycles. The monoisotopic (exact) mass is 256 g/mol. The minimum Gasteiger partial charge on any atom is -0.508 e. The van der Waals surface area contributed by atoms with Crippen molar-refractivity contribution in [2.75, 3.05) is 0 Å². The fourth-order valence-corrected chi connectivity index (χ4v) is 2.17. The lowest BCUT2D eigenvalue weighted by atomic mass is 10.3. The number of rotatable bonds is 4. The standard InChI is InChI=1S/C11H10F2N2OS/c12-11(13)15-6-5-14-10(15)7-17-9-3-1-8(16)2-4-9/h1-6,11,16H,7H2. The summed E-state index contributed by atoms with van der Waals surface area (Å²) in [6.07, 6.45) is 2.62. The Labute approximate surface area is 101 Å². The fraction of sp³-hybridized carbons (Fsp3) is 0.182. The number of alkyl halides is 2. The molecule has 0 spiro atoms. The maximum Gasteiger partial charge on any atom is 0.319 e. The van der Waals surface area contributed by atoms with Crippen molar-refractivity contribution >= 4 is 11.8 Å². The molecule has 2 aromatic rings. The average Bonchev–Trinajstić information content (AvgIpc) is 2.76. The third-order valence-corrected chi connectivity index (χ3v) is 3.17. The second-order valence-electron chi connectivity index (χ2n) is 3.31. The van der Waals surface area contributed by atoms with E-state index in [0.717, 1.165) is 9.46 Å². The minimum atomic E-state index is -2.56. The van der Waals surface area contributed by atoms with Gasteiger partial charge in [-0.15, -0.1) is 11.8 Å². The highest BCUT2D eigenvalue weighted by molar-refractivity contribution is 7.98. The third kappa shape index (κ3) is 2.97. The predicted molar refractivity (Wildman–Crippen MR) is 61.1 cm³/mol. The summed E-state index contributed by atoms with van der Waals surface area (Å²) in [5.74, 6) is 0.878. The number of phenolic OH excluding ortho intramolecular Hbond substituents is 1. The Bertz CT molecular complexity index is 484. The van der Waals surface area contributed by atoms with Crippen LogP contribution in [-0.2, 0) is 5.75 Å². The Morgan fingerprint density at radius 2 is 2.00 bits per heavy atom. The average molecular weight is 256 g/mol. The summed E-state index contributed by atoms with van der Waals surface area (Å²) in [7, 11) is 0. The predicted octanol–water partition coefficient (Wildman–Crippen LogP) is 3.28. The van der Waals surface area contributed by atoms with E-state index in [4.69, 9.17) is 5.11 Å². The van der Waals surface area contributed by atoms with E-state index < -0.39 is 6.55 Å². The lowest BCUT2D eigenvalue weighted by Gasteiger charge is -2.06. The van der Waals surface area contributed by atoms with Crippen molar-refractivity contribution in [3.8, 4) is 5.75 Å². The summed E-state index contributed by atoms with van der Waals surface area (Å²) in [5, 5.41) is 9.10. The maximum atomic E-state index is 12.5. The van der Waals surface area contributed by atoms with Crippen LogP contribution >= 0.6 is 11.8 Å². The molecule has 0 aliphatic carbocycles. The van der Waals surface area contributed by atoms with Crippen LogP contribution in [0.2, 0.25) is 0 Å². The van der Waals surface area contributed by atoms with Gasteiger partial charge in [0.05, 0.1) is 5.75 Å². The first-order valence-corrected chi connectivity index (χ1v) is 5.87. The van der Waals surface area contributed by atoms with Crippen molar-refractivity contribution < 1.29 is 13.9 Å². The number of hydrogen-bond acceptors (Lipinski definition) is 3. The number of nitrogens with zero attached hydrogens (tertiary/aromatic N) is 2. The fourth-order valence-electron chi connectivity index (χ4n) is 1.32. The summed E-state index contributed by atoms with van der Waals surface area (Å²) in [4.78, 5) is 4.78. The molecule has 1 heterocycles. The van der Waals surface area contributed by atoms with Gasteiger partial charge in [-0.25, -0.2) is 4.98 Å². The van der Waals surface area contributed by atoms with Crippen LogP contribution in [0.4, 0.5) is 8.78 Å². The van der Waals surface area contributed by atoms with Crippen LogP contribution in [0.1, 0.15) is 12.4 Å². The first-order valence-electron chi connectivity index (χ1n) is 4.88. The second kappa shape index (κ2) is 5.18. The van der Waals surface area contributed by atoms with Crippen LogP contribution < -0.4 is 0 Å². The molecule has 3 nitrogen and oxygen atoms in total. The van der Waals surface area contributed by atoms with Crippen LogP contribution in [0.5, 0.6) is 5.75 Å². The molecule has 1 aromatic carbocycles. The normalized spacial score (nSPS) is 11.0. The van der Waals surface area contributed by atoms with E-state index in [1.165, 1.54) is 24.2 Å². The molecule has 17 heavy (non-hydrogen) atoms. The van der Waals surface area contributed by atoms with Crippen LogP contribution in [0.3, 0.4) is 0 Å². The second-order valence-corrected chi connectivity index (χ2v) is 4.36. The third-order valence-electron chi connectivity index (χ3n) is 2.16. The molecule has 0 atom stereocenters. The number of phenols is 1. The number of thioether (sulfide) groups is 1. The number of hydrogen-bond donors (Lipinski definition) is 1. The van der Waals surface area contributed by atoms with Crippen molar-refractivity contribution in [3.63, 3.8) is 0 Å². The Morgan fingerprint density at radius 1 is 1.29 bits per heavy atom.